The summed E-state index contributed by atoms with van der Waals surface area (Å²) in [5, 5.41) is 0. The Balaban J connectivity index is 1.59. The summed E-state index contributed by atoms with van der Waals surface area (Å²) >= 11 is 0. The summed E-state index contributed by atoms with van der Waals surface area (Å²) in [5.74, 6) is 6.37. The molecule has 2 aromatic carbocycles. The van der Waals surface area contributed by atoms with Gasteiger partial charge in [-0.05, 0) is 17.7 Å². The Bertz CT molecular complexity index is 1180. The summed E-state index contributed by atoms with van der Waals surface area (Å²) in [6.07, 6.45) is 0.676. The third-order valence-corrected chi connectivity index (χ3v) is 5.31. The van der Waals surface area contributed by atoms with Gasteiger partial charge in [-0.3, -0.25) is 14.3 Å². The molecule has 5 heteroatoms. The van der Waals surface area contributed by atoms with Crippen LogP contribution in [0.3, 0.4) is 0 Å². The lowest BCUT2D eigenvalue weighted by atomic mass is 10.1. The Morgan fingerprint density at radius 3 is 2.38 bits per heavy atom. The largest absolute Gasteiger partial charge is 0.331 e. The van der Waals surface area contributed by atoms with E-state index in [0.717, 1.165) is 23.4 Å². The second-order valence-electron chi connectivity index (χ2n) is 7.27. The summed E-state index contributed by atoms with van der Waals surface area (Å²) in [5.41, 5.74) is 3.03. The molecular formula is C24H23N3O2. The summed E-state index contributed by atoms with van der Waals surface area (Å²) in [6, 6.07) is 19.5. The summed E-state index contributed by atoms with van der Waals surface area (Å²) in [7, 11) is 1.76. The molecule has 0 N–H and O–H groups in total. The van der Waals surface area contributed by atoms with Gasteiger partial charge < -0.3 is 4.57 Å². The molecule has 1 aliphatic heterocycles. The van der Waals surface area contributed by atoms with Crippen LogP contribution in [0.4, 0.5) is 0 Å². The van der Waals surface area contributed by atoms with Crippen molar-refractivity contribution in [3.05, 3.63) is 104 Å². The van der Waals surface area contributed by atoms with E-state index >= 15 is 0 Å². The lowest BCUT2D eigenvalue weighted by Gasteiger charge is -2.28. The van der Waals surface area contributed by atoms with Crippen LogP contribution in [-0.2, 0) is 26.6 Å². The van der Waals surface area contributed by atoms with Gasteiger partial charge in [0.25, 0.3) is 5.56 Å². The van der Waals surface area contributed by atoms with Gasteiger partial charge >= 0.3 is 5.69 Å². The molecule has 0 spiro atoms. The molecule has 0 saturated carbocycles. The minimum atomic E-state index is -0.255. The second kappa shape index (κ2) is 8.34. The highest BCUT2D eigenvalue weighted by atomic mass is 16.2. The molecule has 0 bridgehead atoms. The number of hydrogen-bond donors (Lipinski definition) is 0. The maximum Gasteiger partial charge on any atom is 0.331 e. The standard InChI is InChI=1S/C24H23N3O2/c1-25-22-14-16-26(15-8-13-19-9-4-2-5-10-19)18-21(22)23(28)27(24(25)29)17-20-11-6-3-7-12-20/h2-7,9-12H,14-18H2,1H3. The van der Waals surface area contributed by atoms with E-state index in [2.05, 4.69) is 16.7 Å². The molecule has 0 atom stereocenters. The second-order valence-corrected chi connectivity index (χ2v) is 7.27. The molecule has 1 aliphatic rings. The average Bonchev–Trinajstić information content (AvgIpc) is 2.76. The van der Waals surface area contributed by atoms with E-state index < -0.39 is 0 Å². The summed E-state index contributed by atoms with van der Waals surface area (Å²) in [6.45, 7) is 2.18. The maximum atomic E-state index is 13.1. The van der Waals surface area contributed by atoms with Gasteiger partial charge in [0.05, 0.1) is 18.7 Å². The maximum absolute atomic E-state index is 13.1. The van der Waals surface area contributed by atoms with E-state index in [1.54, 1.807) is 11.6 Å². The fourth-order valence-corrected chi connectivity index (χ4v) is 3.73. The molecule has 146 valence electrons. The van der Waals surface area contributed by atoms with Gasteiger partial charge in [0.2, 0.25) is 0 Å². The summed E-state index contributed by atoms with van der Waals surface area (Å²) in [4.78, 5) is 28.0. The fraction of sp³-hybridized carbons (Fsp3) is 0.250. The van der Waals surface area contributed by atoms with Crippen molar-refractivity contribution >= 4 is 0 Å². The van der Waals surface area contributed by atoms with E-state index in [1.165, 1.54) is 4.57 Å². The van der Waals surface area contributed by atoms with Crippen molar-refractivity contribution in [3.8, 4) is 11.8 Å². The van der Waals surface area contributed by atoms with Crippen molar-refractivity contribution in [2.24, 2.45) is 7.05 Å². The third kappa shape index (κ3) is 4.08. The van der Waals surface area contributed by atoms with E-state index in [4.69, 9.17) is 0 Å². The highest BCUT2D eigenvalue weighted by Gasteiger charge is 2.23. The molecule has 2 heterocycles. The number of rotatable bonds is 3. The van der Waals surface area contributed by atoms with E-state index in [1.807, 2.05) is 60.7 Å². The zero-order valence-electron chi connectivity index (χ0n) is 16.5. The Morgan fingerprint density at radius 2 is 1.66 bits per heavy atom. The number of nitrogens with zero attached hydrogens (tertiary/aromatic N) is 3. The lowest BCUT2D eigenvalue weighted by Crippen LogP contribution is -2.47. The van der Waals surface area contributed by atoms with Gasteiger partial charge in [0.15, 0.2) is 0 Å². The Kier molecular flexibility index (Phi) is 5.46. The molecule has 1 aromatic heterocycles. The molecule has 4 rings (SSSR count). The smallest absolute Gasteiger partial charge is 0.300 e. The molecule has 0 aliphatic carbocycles. The van der Waals surface area contributed by atoms with Crippen LogP contribution in [0.1, 0.15) is 22.4 Å². The predicted molar refractivity (Wildman–Crippen MR) is 114 cm³/mol. The normalized spacial score (nSPS) is 13.4. The van der Waals surface area contributed by atoms with Crippen molar-refractivity contribution in [2.75, 3.05) is 13.1 Å². The van der Waals surface area contributed by atoms with Gasteiger partial charge in [0, 0.05) is 37.8 Å². The number of hydrogen-bond acceptors (Lipinski definition) is 3. The predicted octanol–water partition coefficient (Wildman–Crippen LogP) is 2.01. The first-order chi connectivity index (χ1) is 14.1. The molecular weight excluding hydrogens is 362 g/mol. The van der Waals surface area contributed by atoms with Gasteiger partial charge in [-0.15, -0.1) is 0 Å². The van der Waals surface area contributed by atoms with Crippen LogP contribution < -0.4 is 11.2 Å². The zero-order valence-corrected chi connectivity index (χ0v) is 16.5. The molecule has 3 aromatic rings. The minimum Gasteiger partial charge on any atom is -0.300 e. The van der Waals surface area contributed by atoms with Gasteiger partial charge in [-0.1, -0.05) is 60.4 Å². The van der Waals surface area contributed by atoms with E-state index in [9.17, 15) is 9.59 Å². The van der Waals surface area contributed by atoms with Crippen molar-refractivity contribution < 1.29 is 0 Å². The molecule has 0 unspecified atom stereocenters. The first kappa shape index (κ1) is 19.0. The molecule has 29 heavy (non-hydrogen) atoms. The van der Waals surface area contributed by atoms with Crippen LogP contribution in [0.25, 0.3) is 0 Å². The van der Waals surface area contributed by atoms with Crippen molar-refractivity contribution in [3.63, 3.8) is 0 Å². The average molecular weight is 385 g/mol. The molecule has 0 amide bonds. The van der Waals surface area contributed by atoms with Crippen molar-refractivity contribution in [1.82, 2.24) is 14.0 Å². The van der Waals surface area contributed by atoms with Gasteiger partial charge in [-0.25, -0.2) is 4.79 Å². The quantitative estimate of drug-likeness (QED) is 0.648. The highest BCUT2D eigenvalue weighted by molar-refractivity contribution is 5.34. The number of benzene rings is 2. The van der Waals surface area contributed by atoms with Crippen LogP contribution in [-0.4, -0.2) is 27.1 Å². The first-order valence-corrected chi connectivity index (χ1v) is 9.75. The van der Waals surface area contributed by atoms with E-state index in [-0.39, 0.29) is 17.8 Å². The Hall–Kier alpha value is -3.36. The minimum absolute atomic E-state index is 0.187. The Morgan fingerprint density at radius 1 is 0.966 bits per heavy atom. The van der Waals surface area contributed by atoms with Crippen LogP contribution in [0, 0.1) is 11.8 Å². The van der Waals surface area contributed by atoms with Crippen LogP contribution >= 0.6 is 0 Å². The molecule has 0 radical (unpaired) electrons. The van der Waals surface area contributed by atoms with Crippen molar-refractivity contribution in [2.45, 2.75) is 19.5 Å². The van der Waals surface area contributed by atoms with Crippen LogP contribution in [0.2, 0.25) is 0 Å². The third-order valence-electron chi connectivity index (χ3n) is 5.31. The monoisotopic (exact) mass is 385 g/mol. The zero-order chi connectivity index (χ0) is 20.2. The Labute approximate surface area is 169 Å². The van der Waals surface area contributed by atoms with E-state index in [0.29, 0.717) is 25.1 Å². The number of fused-ring (bicyclic) bond motifs is 1. The topological polar surface area (TPSA) is 47.2 Å². The first-order valence-electron chi connectivity index (χ1n) is 9.75. The van der Waals surface area contributed by atoms with Gasteiger partial charge in [-0.2, -0.15) is 0 Å². The van der Waals surface area contributed by atoms with Crippen molar-refractivity contribution in [1.29, 1.82) is 0 Å². The van der Waals surface area contributed by atoms with Crippen LogP contribution in [0.15, 0.2) is 70.3 Å². The van der Waals surface area contributed by atoms with Crippen LogP contribution in [0.5, 0.6) is 0 Å². The SMILES string of the molecule is Cn1c2c(c(=O)n(Cc3ccccc3)c1=O)CN(CC#Cc1ccccc1)CC2. The summed E-state index contributed by atoms with van der Waals surface area (Å²) < 4.78 is 2.97. The lowest BCUT2D eigenvalue weighted by molar-refractivity contribution is 0.275. The molecule has 5 nitrogen and oxygen atoms in total. The number of aromatic nitrogens is 2. The molecule has 0 fully saturated rings. The van der Waals surface area contributed by atoms with Gasteiger partial charge in [0.1, 0.15) is 0 Å². The fourth-order valence-electron chi connectivity index (χ4n) is 3.73. The molecule has 0 saturated heterocycles. The highest BCUT2D eigenvalue weighted by Crippen LogP contribution is 2.14.